The maximum absolute atomic E-state index is 6.81. The second-order valence-corrected chi connectivity index (χ2v) is 17.4. The average molecular weight is 475 g/mol. The molecular formula is C18H18Cl6Si. The van der Waals surface area contributed by atoms with Crippen molar-refractivity contribution in [3.63, 3.8) is 0 Å². The van der Waals surface area contributed by atoms with E-state index in [2.05, 4.69) is 12.1 Å². The Labute approximate surface area is 179 Å². The van der Waals surface area contributed by atoms with Crippen LogP contribution in [0.3, 0.4) is 0 Å². The Morgan fingerprint density at radius 2 is 1.28 bits per heavy atom. The predicted octanol–water partition coefficient (Wildman–Crippen LogP) is 7.90. The van der Waals surface area contributed by atoms with Gasteiger partial charge in [-0.3, -0.25) is 0 Å². The first-order chi connectivity index (χ1) is 11.6. The van der Waals surface area contributed by atoms with Gasteiger partial charge < -0.3 is 0 Å². The summed E-state index contributed by atoms with van der Waals surface area (Å²) in [6.07, 6.45) is 2.34. The van der Waals surface area contributed by atoms with Gasteiger partial charge in [0.15, 0.2) is 0 Å². The maximum Gasteiger partial charge on any atom is 0.361 e. The van der Waals surface area contributed by atoms with Crippen LogP contribution in [0.4, 0.5) is 0 Å². The molecule has 2 aromatic carbocycles. The molecule has 136 valence electrons. The first-order valence-electron chi connectivity index (χ1n) is 7.87. The molecule has 0 aliphatic rings. The van der Waals surface area contributed by atoms with E-state index >= 15 is 0 Å². The zero-order chi connectivity index (χ0) is 18.6. The highest BCUT2D eigenvalue weighted by atomic mass is 35.8. The van der Waals surface area contributed by atoms with Crippen molar-refractivity contribution in [3.8, 4) is 0 Å². The maximum atomic E-state index is 6.81. The zero-order valence-electron chi connectivity index (χ0n) is 13.4. The van der Waals surface area contributed by atoms with Gasteiger partial charge in [-0.1, -0.05) is 83.9 Å². The van der Waals surface area contributed by atoms with Gasteiger partial charge >= 0.3 is 6.00 Å². The Morgan fingerprint density at radius 3 is 1.80 bits per heavy atom. The molecular weight excluding hydrogens is 457 g/mol. The number of benzene rings is 2. The largest absolute Gasteiger partial charge is 0.361 e. The summed E-state index contributed by atoms with van der Waals surface area (Å²) in [6, 6.07) is 16.2. The molecule has 0 fully saturated rings. The van der Waals surface area contributed by atoms with Crippen LogP contribution < -0.4 is 0 Å². The van der Waals surface area contributed by atoms with Crippen LogP contribution in [-0.2, 0) is 10.8 Å². The monoisotopic (exact) mass is 472 g/mol. The lowest BCUT2D eigenvalue weighted by Crippen LogP contribution is -2.45. The molecule has 0 nitrogen and oxygen atoms in total. The molecule has 2 rings (SSSR count). The fraction of sp³-hybridized carbons (Fsp3) is 0.333. The molecule has 0 radical (unpaired) electrons. The third-order valence-corrected chi connectivity index (χ3v) is 11.5. The topological polar surface area (TPSA) is 0 Å². The predicted molar refractivity (Wildman–Crippen MR) is 116 cm³/mol. The van der Waals surface area contributed by atoms with Crippen molar-refractivity contribution in [2.75, 3.05) is 0 Å². The van der Waals surface area contributed by atoms with Crippen LogP contribution in [0.25, 0.3) is 0 Å². The molecule has 1 unspecified atom stereocenters. The van der Waals surface area contributed by atoms with E-state index in [0.29, 0.717) is 6.42 Å². The highest BCUT2D eigenvalue weighted by molar-refractivity contribution is 7.67. The summed E-state index contributed by atoms with van der Waals surface area (Å²) < 4.78 is -2.27. The van der Waals surface area contributed by atoms with Crippen molar-refractivity contribution in [2.24, 2.45) is 0 Å². The SMILES string of the molecule is ClC(Cl)(CC(Cl)(CCCc1ccccc1)[Si](Cl)(Cl)Cl)c1ccccc1. The van der Waals surface area contributed by atoms with E-state index in [0.717, 1.165) is 18.4 Å². The molecule has 0 aliphatic heterocycles. The standard InChI is InChI=1S/C18H18Cl6Si/c19-17(25(22,23)24,13-7-10-15-8-3-1-4-9-15)14-18(20,21)16-11-5-2-6-12-16/h1-6,8-9,11-12H,7,10,13-14H2. The lowest BCUT2D eigenvalue weighted by molar-refractivity contribution is 0.566. The van der Waals surface area contributed by atoms with Crippen molar-refractivity contribution >= 4 is 74.0 Å². The van der Waals surface area contributed by atoms with Gasteiger partial charge in [0.2, 0.25) is 0 Å². The van der Waals surface area contributed by atoms with E-state index in [9.17, 15) is 0 Å². The molecule has 0 aromatic heterocycles. The fourth-order valence-electron chi connectivity index (χ4n) is 2.68. The Kier molecular flexibility index (Phi) is 7.86. The number of rotatable bonds is 8. The zero-order valence-corrected chi connectivity index (χ0v) is 18.9. The molecule has 2 aromatic rings. The van der Waals surface area contributed by atoms with E-state index in [1.807, 2.05) is 48.5 Å². The lowest BCUT2D eigenvalue weighted by atomic mass is 10.0. The lowest BCUT2D eigenvalue weighted by Gasteiger charge is -2.36. The van der Waals surface area contributed by atoms with Gasteiger partial charge in [0.05, 0.1) is 4.50 Å². The first-order valence-corrected chi connectivity index (χ1v) is 14.0. The fourth-order valence-corrected chi connectivity index (χ4v) is 6.46. The molecule has 1 atom stereocenters. The molecule has 0 saturated heterocycles. The second-order valence-electron chi connectivity index (χ2n) is 6.05. The molecule has 0 saturated carbocycles. The van der Waals surface area contributed by atoms with Gasteiger partial charge in [0, 0.05) is 6.42 Å². The molecule has 25 heavy (non-hydrogen) atoms. The number of alkyl halides is 3. The number of halogens is 6. The number of hydrogen-bond donors (Lipinski definition) is 0. The van der Waals surface area contributed by atoms with Crippen LogP contribution in [0.15, 0.2) is 60.7 Å². The summed E-state index contributed by atoms with van der Waals surface area (Å²) in [4.78, 5) is 0. The van der Waals surface area contributed by atoms with Gasteiger partial charge in [0.25, 0.3) is 0 Å². The van der Waals surface area contributed by atoms with Crippen LogP contribution in [0, 0.1) is 0 Å². The highest BCUT2D eigenvalue weighted by Gasteiger charge is 2.54. The first kappa shape index (κ1) is 21.7. The summed E-state index contributed by atoms with van der Waals surface area (Å²) in [5.74, 6) is 0. The smallest absolute Gasteiger partial charge is 0.124 e. The van der Waals surface area contributed by atoms with E-state index in [-0.39, 0.29) is 6.42 Å². The van der Waals surface area contributed by atoms with Gasteiger partial charge in [-0.15, -0.1) is 44.8 Å². The van der Waals surface area contributed by atoms with Gasteiger partial charge in [-0.25, -0.2) is 0 Å². The Bertz CT molecular complexity index is 656. The summed E-state index contributed by atoms with van der Waals surface area (Å²) in [6.45, 7) is 0. The van der Waals surface area contributed by atoms with Gasteiger partial charge in [-0.2, -0.15) is 0 Å². The summed E-state index contributed by atoms with van der Waals surface area (Å²) >= 11 is 39.0. The van der Waals surface area contributed by atoms with Crippen LogP contribution in [0.2, 0.25) is 0 Å². The van der Waals surface area contributed by atoms with Crippen molar-refractivity contribution in [1.29, 1.82) is 0 Å². The molecule has 0 bridgehead atoms. The van der Waals surface area contributed by atoms with Crippen LogP contribution in [-0.4, -0.2) is 10.5 Å². The minimum Gasteiger partial charge on any atom is -0.124 e. The minimum absolute atomic E-state index is 0.173. The van der Waals surface area contributed by atoms with E-state index in [4.69, 9.17) is 68.0 Å². The molecule has 0 aliphatic carbocycles. The average Bonchev–Trinajstić information content (AvgIpc) is 2.55. The summed E-state index contributed by atoms with van der Waals surface area (Å²) in [5.41, 5.74) is 1.97. The Morgan fingerprint density at radius 1 is 0.760 bits per heavy atom. The van der Waals surface area contributed by atoms with E-state index in [1.54, 1.807) is 0 Å². The minimum atomic E-state index is -3.28. The Hall–Kier alpha value is 0.397. The van der Waals surface area contributed by atoms with E-state index in [1.165, 1.54) is 5.56 Å². The third-order valence-electron chi connectivity index (χ3n) is 4.09. The number of hydrogen-bond acceptors (Lipinski definition) is 0. The molecule has 0 spiro atoms. The Balaban J connectivity index is 2.11. The summed E-state index contributed by atoms with van der Waals surface area (Å²) in [7, 11) is 0. The third kappa shape index (κ3) is 6.21. The molecule has 0 amide bonds. The van der Waals surface area contributed by atoms with Crippen molar-refractivity contribution in [1.82, 2.24) is 0 Å². The summed E-state index contributed by atoms with van der Waals surface area (Å²) in [5, 5.41) is 0. The van der Waals surface area contributed by atoms with Crippen LogP contribution >= 0.6 is 68.0 Å². The van der Waals surface area contributed by atoms with Crippen molar-refractivity contribution in [3.05, 3.63) is 71.8 Å². The molecule has 0 N–H and O–H groups in total. The van der Waals surface area contributed by atoms with Crippen LogP contribution in [0.5, 0.6) is 0 Å². The quantitative estimate of drug-likeness (QED) is 0.207. The highest BCUT2D eigenvalue weighted by Crippen LogP contribution is 2.52. The number of aryl methyl sites for hydroxylation is 1. The van der Waals surface area contributed by atoms with Crippen molar-refractivity contribution in [2.45, 2.75) is 34.5 Å². The van der Waals surface area contributed by atoms with Crippen molar-refractivity contribution < 1.29 is 0 Å². The van der Waals surface area contributed by atoms with Gasteiger partial charge in [0.1, 0.15) is 4.33 Å². The second kappa shape index (κ2) is 9.06. The van der Waals surface area contributed by atoms with Crippen LogP contribution in [0.1, 0.15) is 30.4 Å². The molecule has 0 heterocycles. The van der Waals surface area contributed by atoms with Gasteiger partial charge in [-0.05, 0) is 30.4 Å². The van der Waals surface area contributed by atoms with E-state index < -0.39 is 14.8 Å². The molecule has 7 heteroatoms. The normalized spacial score (nSPS) is 15.0.